The fraction of sp³-hybridized carbons (Fsp3) is 0.190. The first-order valence-corrected chi connectivity index (χ1v) is 8.16. The van der Waals surface area contributed by atoms with Crippen LogP contribution in [0.25, 0.3) is 0 Å². The standard InChI is InChI=1S/C21H21NO2/c1-17-9-11-19(12-10-17)22(16-18-6-3-2-4-7-18)21(23)14-13-20-8-5-15-24-20/h2-12,15H,13-14,16H2,1H3. The summed E-state index contributed by atoms with van der Waals surface area (Å²) in [6.07, 6.45) is 2.68. The van der Waals surface area contributed by atoms with E-state index in [0.29, 0.717) is 19.4 Å². The van der Waals surface area contributed by atoms with Gasteiger partial charge in [0.25, 0.3) is 0 Å². The van der Waals surface area contributed by atoms with Gasteiger partial charge in [0.2, 0.25) is 5.91 Å². The molecule has 0 aliphatic heterocycles. The number of nitrogens with zero attached hydrogens (tertiary/aromatic N) is 1. The number of carbonyl (C=O) groups is 1. The Morgan fingerprint density at radius 1 is 0.958 bits per heavy atom. The fourth-order valence-corrected chi connectivity index (χ4v) is 2.63. The highest BCUT2D eigenvalue weighted by molar-refractivity contribution is 5.93. The van der Waals surface area contributed by atoms with Gasteiger partial charge in [-0.2, -0.15) is 0 Å². The average Bonchev–Trinajstić information content (AvgIpc) is 3.13. The van der Waals surface area contributed by atoms with E-state index in [-0.39, 0.29) is 5.91 Å². The smallest absolute Gasteiger partial charge is 0.227 e. The molecule has 0 N–H and O–H groups in total. The molecular formula is C21H21NO2. The molecule has 0 saturated heterocycles. The van der Waals surface area contributed by atoms with Crippen molar-refractivity contribution in [1.82, 2.24) is 0 Å². The monoisotopic (exact) mass is 319 g/mol. The Balaban J connectivity index is 1.78. The van der Waals surface area contributed by atoms with E-state index >= 15 is 0 Å². The van der Waals surface area contributed by atoms with E-state index in [1.807, 2.05) is 78.6 Å². The van der Waals surface area contributed by atoms with E-state index in [4.69, 9.17) is 4.42 Å². The van der Waals surface area contributed by atoms with Gasteiger partial charge in [0.05, 0.1) is 12.8 Å². The van der Waals surface area contributed by atoms with E-state index in [9.17, 15) is 4.79 Å². The van der Waals surface area contributed by atoms with Crippen molar-refractivity contribution in [2.75, 3.05) is 4.90 Å². The summed E-state index contributed by atoms with van der Waals surface area (Å²) in [5.41, 5.74) is 3.22. The Labute approximate surface area is 142 Å². The molecule has 0 aliphatic rings. The van der Waals surface area contributed by atoms with E-state index < -0.39 is 0 Å². The highest BCUT2D eigenvalue weighted by Gasteiger charge is 2.16. The molecule has 0 unspecified atom stereocenters. The number of benzene rings is 2. The Hall–Kier alpha value is -2.81. The van der Waals surface area contributed by atoms with E-state index in [0.717, 1.165) is 17.0 Å². The number of rotatable bonds is 6. The minimum absolute atomic E-state index is 0.0964. The minimum atomic E-state index is 0.0964. The van der Waals surface area contributed by atoms with Crippen LogP contribution < -0.4 is 4.90 Å². The summed E-state index contributed by atoms with van der Waals surface area (Å²) >= 11 is 0. The van der Waals surface area contributed by atoms with Crippen molar-refractivity contribution in [3.63, 3.8) is 0 Å². The number of carbonyl (C=O) groups excluding carboxylic acids is 1. The largest absolute Gasteiger partial charge is 0.469 e. The Morgan fingerprint density at radius 3 is 2.38 bits per heavy atom. The van der Waals surface area contributed by atoms with Crippen molar-refractivity contribution in [1.29, 1.82) is 0 Å². The topological polar surface area (TPSA) is 33.5 Å². The lowest BCUT2D eigenvalue weighted by molar-refractivity contribution is -0.118. The third kappa shape index (κ3) is 4.13. The van der Waals surface area contributed by atoms with Gasteiger partial charge >= 0.3 is 0 Å². The number of anilines is 1. The van der Waals surface area contributed by atoms with Crippen molar-refractivity contribution in [2.45, 2.75) is 26.3 Å². The molecule has 122 valence electrons. The van der Waals surface area contributed by atoms with Crippen molar-refractivity contribution in [2.24, 2.45) is 0 Å². The molecule has 2 aromatic carbocycles. The fourth-order valence-electron chi connectivity index (χ4n) is 2.63. The molecule has 1 aromatic heterocycles. The molecule has 24 heavy (non-hydrogen) atoms. The van der Waals surface area contributed by atoms with Gasteiger partial charge in [0.15, 0.2) is 0 Å². The van der Waals surface area contributed by atoms with E-state index in [1.165, 1.54) is 5.56 Å². The predicted molar refractivity (Wildman–Crippen MR) is 95.8 cm³/mol. The minimum Gasteiger partial charge on any atom is -0.469 e. The molecule has 3 aromatic rings. The lowest BCUT2D eigenvalue weighted by Gasteiger charge is -2.23. The van der Waals surface area contributed by atoms with Gasteiger partial charge in [-0.15, -0.1) is 0 Å². The first-order chi connectivity index (χ1) is 11.7. The zero-order chi connectivity index (χ0) is 16.8. The van der Waals surface area contributed by atoms with Crippen LogP contribution in [0.4, 0.5) is 5.69 Å². The molecule has 0 fully saturated rings. The molecule has 0 aliphatic carbocycles. The summed E-state index contributed by atoms with van der Waals surface area (Å²) in [6, 6.07) is 21.9. The van der Waals surface area contributed by atoms with Gasteiger partial charge in [0.1, 0.15) is 5.76 Å². The summed E-state index contributed by atoms with van der Waals surface area (Å²) in [5, 5.41) is 0. The van der Waals surface area contributed by atoms with Gasteiger partial charge in [-0.1, -0.05) is 48.0 Å². The number of furan rings is 1. The zero-order valence-corrected chi connectivity index (χ0v) is 13.8. The number of hydrogen-bond donors (Lipinski definition) is 0. The molecule has 3 rings (SSSR count). The molecule has 0 radical (unpaired) electrons. The maximum Gasteiger partial charge on any atom is 0.227 e. The van der Waals surface area contributed by atoms with Crippen LogP contribution in [0.3, 0.4) is 0 Å². The lowest BCUT2D eigenvalue weighted by atomic mass is 10.1. The van der Waals surface area contributed by atoms with Crippen LogP contribution in [-0.2, 0) is 17.8 Å². The van der Waals surface area contributed by atoms with Gasteiger partial charge in [0, 0.05) is 18.5 Å². The first kappa shape index (κ1) is 16.1. The van der Waals surface area contributed by atoms with Crippen LogP contribution in [0.5, 0.6) is 0 Å². The summed E-state index contributed by atoms with van der Waals surface area (Å²) < 4.78 is 5.33. The van der Waals surface area contributed by atoms with Gasteiger partial charge < -0.3 is 9.32 Å². The number of hydrogen-bond acceptors (Lipinski definition) is 2. The van der Waals surface area contributed by atoms with Crippen LogP contribution in [-0.4, -0.2) is 5.91 Å². The zero-order valence-electron chi connectivity index (χ0n) is 13.8. The second kappa shape index (κ2) is 7.64. The van der Waals surface area contributed by atoms with Crippen LogP contribution in [0, 0.1) is 6.92 Å². The van der Waals surface area contributed by atoms with Gasteiger partial charge in [-0.25, -0.2) is 0 Å². The summed E-state index contributed by atoms with van der Waals surface area (Å²) in [6.45, 7) is 2.62. The van der Waals surface area contributed by atoms with Crippen molar-refractivity contribution in [3.05, 3.63) is 89.9 Å². The Bertz CT molecular complexity index is 761. The third-order valence-electron chi connectivity index (χ3n) is 4.00. The quantitative estimate of drug-likeness (QED) is 0.656. The molecule has 3 nitrogen and oxygen atoms in total. The predicted octanol–water partition coefficient (Wildman–Crippen LogP) is 4.75. The lowest BCUT2D eigenvalue weighted by Crippen LogP contribution is -2.30. The van der Waals surface area contributed by atoms with Gasteiger partial charge in [-0.3, -0.25) is 4.79 Å². The Morgan fingerprint density at radius 2 is 1.71 bits per heavy atom. The third-order valence-corrected chi connectivity index (χ3v) is 4.00. The van der Waals surface area contributed by atoms with E-state index in [2.05, 4.69) is 0 Å². The molecule has 0 spiro atoms. The van der Waals surface area contributed by atoms with Gasteiger partial charge in [-0.05, 0) is 36.8 Å². The molecule has 0 bridgehead atoms. The highest BCUT2D eigenvalue weighted by atomic mass is 16.3. The second-order valence-electron chi connectivity index (χ2n) is 5.88. The summed E-state index contributed by atoms with van der Waals surface area (Å²) in [5.74, 6) is 0.936. The number of amides is 1. The molecule has 3 heteroatoms. The second-order valence-corrected chi connectivity index (χ2v) is 5.88. The highest BCUT2D eigenvalue weighted by Crippen LogP contribution is 2.20. The molecule has 1 amide bonds. The average molecular weight is 319 g/mol. The van der Waals surface area contributed by atoms with Crippen LogP contribution in [0.2, 0.25) is 0 Å². The maximum absolute atomic E-state index is 12.8. The van der Waals surface area contributed by atoms with Crippen molar-refractivity contribution < 1.29 is 9.21 Å². The summed E-state index contributed by atoms with van der Waals surface area (Å²) in [4.78, 5) is 14.7. The molecule has 0 saturated carbocycles. The van der Waals surface area contributed by atoms with Crippen LogP contribution >= 0.6 is 0 Å². The summed E-state index contributed by atoms with van der Waals surface area (Å²) in [7, 11) is 0. The SMILES string of the molecule is Cc1ccc(N(Cc2ccccc2)C(=O)CCc2ccco2)cc1. The van der Waals surface area contributed by atoms with Crippen molar-refractivity contribution >= 4 is 11.6 Å². The normalized spacial score (nSPS) is 10.5. The molecule has 1 heterocycles. The maximum atomic E-state index is 12.8. The van der Waals surface area contributed by atoms with Crippen LogP contribution in [0.15, 0.2) is 77.4 Å². The molecule has 0 atom stereocenters. The van der Waals surface area contributed by atoms with Crippen molar-refractivity contribution in [3.8, 4) is 0 Å². The number of aryl methyl sites for hydroxylation is 2. The molecular weight excluding hydrogens is 298 g/mol. The first-order valence-electron chi connectivity index (χ1n) is 8.16. The van der Waals surface area contributed by atoms with Crippen LogP contribution in [0.1, 0.15) is 23.3 Å². The van der Waals surface area contributed by atoms with E-state index in [1.54, 1.807) is 6.26 Å². The Kier molecular flexibility index (Phi) is 5.12.